The van der Waals surface area contributed by atoms with Crippen LogP contribution >= 0.6 is 0 Å². The normalized spacial score (nSPS) is 27.2. The lowest BCUT2D eigenvalue weighted by Gasteiger charge is -2.61. The SMILES string of the molecule is CC(C)C1CCC2(CC1)CN(C(C)(C)C1CCN(CC(F)(F)F)CC1)C2. The van der Waals surface area contributed by atoms with E-state index in [1.165, 1.54) is 38.8 Å². The van der Waals surface area contributed by atoms with E-state index < -0.39 is 12.7 Å². The average molecular weight is 375 g/mol. The zero-order valence-electron chi connectivity index (χ0n) is 17.0. The van der Waals surface area contributed by atoms with Crippen molar-refractivity contribution in [2.24, 2.45) is 23.2 Å². The lowest BCUT2D eigenvalue weighted by Crippen LogP contribution is -2.67. The van der Waals surface area contributed by atoms with Gasteiger partial charge in [0.2, 0.25) is 0 Å². The number of rotatable bonds is 4. The molecule has 5 heteroatoms. The van der Waals surface area contributed by atoms with Crippen LogP contribution in [0.5, 0.6) is 0 Å². The molecule has 2 saturated heterocycles. The van der Waals surface area contributed by atoms with E-state index in [-0.39, 0.29) is 5.54 Å². The standard InChI is InChI=1S/C21H37F3N2/c1-16(2)17-5-9-20(10-6-17)13-26(14-20)19(3,4)18-7-11-25(12-8-18)15-21(22,23)24/h16-18H,5-15H2,1-4H3. The number of nitrogens with zero attached hydrogens (tertiary/aromatic N) is 2. The van der Waals surface area contributed by atoms with Crippen LogP contribution < -0.4 is 0 Å². The summed E-state index contributed by atoms with van der Waals surface area (Å²) in [6.45, 7) is 12.2. The summed E-state index contributed by atoms with van der Waals surface area (Å²) in [5.41, 5.74) is 0.657. The van der Waals surface area contributed by atoms with Gasteiger partial charge in [0.1, 0.15) is 0 Å². The van der Waals surface area contributed by atoms with Gasteiger partial charge in [-0.05, 0) is 88.6 Å². The number of piperidine rings is 1. The summed E-state index contributed by atoms with van der Waals surface area (Å²) in [5, 5.41) is 0. The van der Waals surface area contributed by atoms with Gasteiger partial charge < -0.3 is 0 Å². The fourth-order valence-corrected chi connectivity index (χ4v) is 5.72. The molecule has 3 fully saturated rings. The van der Waals surface area contributed by atoms with Crippen molar-refractivity contribution >= 4 is 0 Å². The third-order valence-corrected chi connectivity index (χ3v) is 7.89. The average Bonchev–Trinajstić information content (AvgIpc) is 2.51. The minimum absolute atomic E-state index is 0.116. The highest BCUT2D eigenvalue weighted by Gasteiger charge is 2.51. The number of likely N-dealkylation sites (tertiary alicyclic amines) is 2. The Balaban J connectivity index is 1.47. The Kier molecular flexibility index (Phi) is 5.72. The Labute approximate surface area is 157 Å². The Morgan fingerprint density at radius 1 is 0.962 bits per heavy atom. The summed E-state index contributed by atoms with van der Waals surface area (Å²) in [4.78, 5) is 4.21. The molecule has 26 heavy (non-hydrogen) atoms. The number of halogens is 3. The first-order valence-electron chi connectivity index (χ1n) is 10.5. The molecule has 1 spiro atoms. The van der Waals surface area contributed by atoms with E-state index >= 15 is 0 Å². The molecule has 1 saturated carbocycles. The van der Waals surface area contributed by atoms with Gasteiger partial charge in [-0.3, -0.25) is 9.80 Å². The van der Waals surface area contributed by atoms with E-state index in [0.717, 1.165) is 24.7 Å². The quantitative estimate of drug-likeness (QED) is 0.668. The first kappa shape index (κ1) is 20.4. The van der Waals surface area contributed by atoms with Crippen LogP contribution in [-0.4, -0.2) is 54.2 Å². The lowest BCUT2D eigenvalue weighted by molar-refractivity contribution is -0.153. The zero-order chi connectivity index (χ0) is 19.2. The van der Waals surface area contributed by atoms with Gasteiger partial charge in [0.25, 0.3) is 0 Å². The van der Waals surface area contributed by atoms with Crippen LogP contribution in [0.4, 0.5) is 13.2 Å². The Bertz CT molecular complexity index is 462. The predicted molar refractivity (Wildman–Crippen MR) is 100 cm³/mol. The van der Waals surface area contributed by atoms with Crippen LogP contribution in [0.3, 0.4) is 0 Å². The van der Waals surface area contributed by atoms with Crippen LogP contribution in [0.2, 0.25) is 0 Å². The molecule has 2 nitrogen and oxygen atoms in total. The number of hydrogen-bond acceptors (Lipinski definition) is 2. The molecule has 0 aromatic heterocycles. The van der Waals surface area contributed by atoms with Gasteiger partial charge >= 0.3 is 6.18 Å². The van der Waals surface area contributed by atoms with Crippen LogP contribution in [-0.2, 0) is 0 Å². The summed E-state index contributed by atoms with van der Waals surface area (Å²) in [7, 11) is 0. The van der Waals surface area contributed by atoms with E-state index in [1.54, 1.807) is 4.90 Å². The molecule has 0 amide bonds. The molecule has 0 aromatic carbocycles. The molecule has 2 heterocycles. The first-order valence-corrected chi connectivity index (χ1v) is 10.5. The Hall–Kier alpha value is -0.290. The maximum absolute atomic E-state index is 12.6. The van der Waals surface area contributed by atoms with Crippen LogP contribution in [0.25, 0.3) is 0 Å². The summed E-state index contributed by atoms with van der Waals surface area (Å²) in [6.07, 6.45) is 3.20. The Morgan fingerprint density at radius 3 is 1.96 bits per heavy atom. The van der Waals surface area contributed by atoms with Gasteiger partial charge in [0.15, 0.2) is 0 Å². The van der Waals surface area contributed by atoms with Crippen molar-refractivity contribution in [3.8, 4) is 0 Å². The van der Waals surface area contributed by atoms with Crippen LogP contribution in [0, 0.1) is 23.2 Å². The smallest absolute Gasteiger partial charge is 0.297 e. The molecule has 0 unspecified atom stereocenters. The summed E-state index contributed by atoms with van der Waals surface area (Å²) < 4.78 is 37.8. The maximum atomic E-state index is 12.6. The second-order valence-electron chi connectivity index (χ2n) is 10.3. The third kappa shape index (κ3) is 4.40. The topological polar surface area (TPSA) is 6.48 Å². The monoisotopic (exact) mass is 374 g/mol. The Morgan fingerprint density at radius 2 is 1.50 bits per heavy atom. The van der Waals surface area contributed by atoms with Crippen LogP contribution in [0.1, 0.15) is 66.2 Å². The molecule has 0 N–H and O–H groups in total. The number of hydrogen-bond donors (Lipinski definition) is 0. The largest absolute Gasteiger partial charge is 0.401 e. The molecule has 3 rings (SSSR count). The molecule has 3 aliphatic rings. The molecule has 2 aliphatic heterocycles. The van der Waals surface area contributed by atoms with Gasteiger partial charge in [0, 0.05) is 18.6 Å². The molecular weight excluding hydrogens is 337 g/mol. The van der Waals surface area contributed by atoms with E-state index in [0.29, 0.717) is 24.4 Å². The molecule has 0 atom stereocenters. The van der Waals surface area contributed by atoms with Crippen molar-refractivity contribution < 1.29 is 13.2 Å². The highest BCUT2D eigenvalue weighted by atomic mass is 19.4. The second-order valence-corrected chi connectivity index (χ2v) is 10.3. The summed E-state index contributed by atoms with van der Waals surface area (Å²) in [6, 6.07) is 0. The highest BCUT2D eigenvalue weighted by Crippen LogP contribution is 2.50. The molecular formula is C21H37F3N2. The van der Waals surface area contributed by atoms with Gasteiger partial charge in [0.05, 0.1) is 6.54 Å². The summed E-state index contributed by atoms with van der Waals surface area (Å²) >= 11 is 0. The fraction of sp³-hybridized carbons (Fsp3) is 1.00. The van der Waals surface area contributed by atoms with E-state index in [9.17, 15) is 13.2 Å². The highest BCUT2D eigenvalue weighted by molar-refractivity contribution is 5.05. The lowest BCUT2D eigenvalue weighted by atomic mass is 9.62. The summed E-state index contributed by atoms with van der Waals surface area (Å²) in [5.74, 6) is 2.22. The molecule has 0 bridgehead atoms. The van der Waals surface area contributed by atoms with Crippen molar-refractivity contribution in [2.75, 3.05) is 32.7 Å². The van der Waals surface area contributed by atoms with Gasteiger partial charge in [-0.2, -0.15) is 13.2 Å². The van der Waals surface area contributed by atoms with Crippen molar-refractivity contribution in [1.82, 2.24) is 9.80 Å². The van der Waals surface area contributed by atoms with Gasteiger partial charge in [-0.1, -0.05) is 13.8 Å². The maximum Gasteiger partial charge on any atom is 0.401 e. The molecule has 0 aromatic rings. The fourth-order valence-electron chi connectivity index (χ4n) is 5.72. The van der Waals surface area contributed by atoms with Gasteiger partial charge in [-0.15, -0.1) is 0 Å². The van der Waals surface area contributed by atoms with Crippen molar-refractivity contribution in [3.63, 3.8) is 0 Å². The van der Waals surface area contributed by atoms with Crippen LogP contribution in [0.15, 0.2) is 0 Å². The molecule has 1 aliphatic carbocycles. The predicted octanol–water partition coefficient (Wildman–Crippen LogP) is 5.19. The van der Waals surface area contributed by atoms with Crippen molar-refractivity contribution in [3.05, 3.63) is 0 Å². The third-order valence-electron chi connectivity index (χ3n) is 7.89. The van der Waals surface area contributed by atoms with E-state index in [1.807, 2.05) is 0 Å². The minimum Gasteiger partial charge on any atom is -0.297 e. The number of alkyl halides is 3. The molecule has 152 valence electrons. The van der Waals surface area contributed by atoms with E-state index in [2.05, 4.69) is 32.6 Å². The van der Waals surface area contributed by atoms with E-state index in [4.69, 9.17) is 0 Å². The van der Waals surface area contributed by atoms with Crippen molar-refractivity contribution in [1.29, 1.82) is 0 Å². The first-order chi connectivity index (χ1) is 12.0. The minimum atomic E-state index is -4.07. The van der Waals surface area contributed by atoms with Crippen molar-refractivity contribution in [2.45, 2.75) is 77.9 Å². The molecule has 0 radical (unpaired) electrons. The zero-order valence-corrected chi connectivity index (χ0v) is 17.0. The van der Waals surface area contributed by atoms with Gasteiger partial charge in [-0.25, -0.2) is 0 Å². The second kappa shape index (κ2) is 7.27.